The Bertz CT molecular complexity index is 866. The van der Waals surface area contributed by atoms with E-state index in [9.17, 15) is 5.11 Å². The maximum absolute atomic E-state index is 9.22. The minimum atomic E-state index is -0.245. The van der Waals surface area contributed by atoms with Gasteiger partial charge in [-0.1, -0.05) is 12.1 Å². The highest BCUT2D eigenvalue weighted by Gasteiger charge is 2.16. The summed E-state index contributed by atoms with van der Waals surface area (Å²) in [6.45, 7) is 0.525. The number of aliphatic hydroxyl groups excluding tert-OH is 1. The number of anilines is 2. The zero-order valence-corrected chi connectivity index (χ0v) is 14.3. The first-order valence-electron chi connectivity index (χ1n) is 8.00. The van der Waals surface area contributed by atoms with Crippen molar-refractivity contribution in [2.75, 3.05) is 24.6 Å². The number of aliphatic hydroxyl groups is 1. The fourth-order valence-corrected chi connectivity index (χ4v) is 2.49. The Hall–Kier alpha value is -2.95. The summed E-state index contributed by atoms with van der Waals surface area (Å²) in [5, 5.41) is 10.3. The van der Waals surface area contributed by atoms with Gasteiger partial charge in [-0.25, -0.2) is 15.8 Å². The first-order chi connectivity index (χ1) is 12.6. The van der Waals surface area contributed by atoms with E-state index in [2.05, 4.69) is 15.0 Å². The van der Waals surface area contributed by atoms with Gasteiger partial charge in [-0.3, -0.25) is 0 Å². The van der Waals surface area contributed by atoms with Crippen molar-refractivity contribution >= 4 is 22.5 Å². The van der Waals surface area contributed by atoms with Crippen LogP contribution in [0.25, 0.3) is 11.2 Å². The van der Waals surface area contributed by atoms with Crippen LogP contribution in [0, 0.1) is 0 Å². The van der Waals surface area contributed by atoms with E-state index >= 15 is 0 Å². The van der Waals surface area contributed by atoms with Crippen molar-refractivity contribution in [1.82, 2.24) is 19.5 Å². The van der Waals surface area contributed by atoms with Crippen molar-refractivity contribution in [2.24, 2.45) is 5.84 Å². The van der Waals surface area contributed by atoms with Gasteiger partial charge in [0.25, 0.3) is 5.88 Å². The number of nitrogens with zero attached hydrogens (tertiary/aromatic N) is 5. The first-order valence-corrected chi connectivity index (χ1v) is 8.00. The number of aryl methyl sites for hydroxylation is 1. The van der Waals surface area contributed by atoms with Crippen LogP contribution in [0.5, 0.6) is 5.88 Å². The SMILES string of the molecule is CO[C@H](CO)CCn1cnc2c(ON(N)c3ccccc3N)ncnc21. The van der Waals surface area contributed by atoms with Gasteiger partial charge in [0, 0.05) is 13.7 Å². The zero-order valence-electron chi connectivity index (χ0n) is 14.3. The number of hydrogen-bond acceptors (Lipinski definition) is 9. The molecule has 26 heavy (non-hydrogen) atoms. The number of benzene rings is 1. The Morgan fingerprint density at radius 1 is 1.27 bits per heavy atom. The van der Waals surface area contributed by atoms with Crippen molar-refractivity contribution in [2.45, 2.75) is 19.1 Å². The van der Waals surface area contributed by atoms with Crippen LogP contribution in [0.2, 0.25) is 0 Å². The number of rotatable bonds is 8. The topological polar surface area (TPSA) is 138 Å². The Labute approximate surface area is 149 Å². The molecule has 0 bridgehead atoms. The van der Waals surface area contributed by atoms with Gasteiger partial charge < -0.3 is 25.0 Å². The van der Waals surface area contributed by atoms with Crippen molar-refractivity contribution in [1.29, 1.82) is 0 Å². The van der Waals surface area contributed by atoms with E-state index in [0.717, 1.165) is 5.17 Å². The predicted molar refractivity (Wildman–Crippen MR) is 96.0 cm³/mol. The number of ether oxygens (including phenoxy) is 1. The van der Waals surface area contributed by atoms with Crippen molar-refractivity contribution < 1.29 is 14.7 Å². The second-order valence-electron chi connectivity index (χ2n) is 5.59. The molecule has 0 aliphatic carbocycles. The van der Waals surface area contributed by atoms with Gasteiger partial charge in [0.05, 0.1) is 24.7 Å². The Morgan fingerprint density at radius 2 is 2.08 bits per heavy atom. The molecule has 0 aliphatic heterocycles. The van der Waals surface area contributed by atoms with E-state index in [-0.39, 0.29) is 18.6 Å². The van der Waals surface area contributed by atoms with Gasteiger partial charge in [-0.05, 0) is 18.6 Å². The van der Waals surface area contributed by atoms with E-state index in [1.807, 2.05) is 4.57 Å². The number of aromatic nitrogens is 4. The van der Waals surface area contributed by atoms with Gasteiger partial charge >= 0.3 is 0 Å². The molecule has 0 radical (unpaired) electrons. The molecule has 0 saturated carbocycles. The number of nitrogen functional groups attached to an aromatic ring is 1. The molecule has 10 heteroatoms. The number of hydrogen-bond donors (Lipinski definition) is 3. The highest BCUT2D eigenvalue weighted by molar-refractivity contribution is 5.76. The summed E-state index contributed by atoms with van der Waals surface area (Å²) in [7, 11) is 1.56. The molecule has 0 aliphatic rings. The fourth-order valence-electron chi connectivity index (χ4n) is 2.49. The molecule has 0 saturated heterocycles. The van der Waals surface area contributed by atoms with Gasteiger partial charge in [0.15, 0.2) is 11.2 Å². The van der Waals surface area contributed by atoms with Crippen molar-refractivity contribution in [3.63, 3.8) is 0 Å². The Kier molecular flexibility index (Phi) is 5.46. The molecule has 1 atom stereocenters. The third-order valence-corrected chi connectivity index (χ3v) is 3.96. The largest absolute Gasteiger partial charge is 0.397 e. The normalized spacial score (nSPS) is 12.3. The Morgan fingerprint density at radius 3 is 2.81 bits per heavy atom. The summed E-state index contributed by atoms with van der Waals surface area (Å²) in [4.78, 5) is 18.3. The maximum atomic E-state index is 9.22. The van der Waals surface area contributed by atoms with Crippen LogP contribution in [-0.4, -0.2) is 44.4 Å². The minimum Gasteiger partial charge on any atom is -0.397 e. The molecule has 138 valence electrons. The van der Waals surface area contributed by atoms with E-state index in [4.69, 9.17) is 21.2 Å². The smallest absolute Gasteiger partial charge is 0.279 e. The summed E-state index contributed by atoms with van der Waals surface area (Å²) < 4.78 is 7.01. The predicted octanol–water partition coefficient (Wildman–Crippen LogP) is 0.480. The van der Waals surface area contributed by atoms with Crippen LogP contribution in [0.3, 0.4) is 0 Å². The van der Waals surface area contributed by atoms with Crippen LogP contribution < -0.4 is 21.6 Å². The molecule has 0 unspecified atom stereocenters. The number of methoxy groups -OCH3 is 1. The van der Waals surface area contributed by atoms with Crippen LogP contribution in [0.1, 0.15) is 6.42 Å². The van der Waals surface area contributed by atoms with Gasteiger partial charge in [0.2, 0.25) is 0 Å². The number of hydrazine groups is 1. The van der Waals surface area contributed by atoms with Crippen molar-refractivity contribution in [3.8, 4) is 5.88 Å². The number of fused-ring (bicyclic) bond motifs is 1. The molecule has 0 spiro atoms. The second-order valence-corrected chi connectivity index (χ2v) is 5.59. The molecular weight excluding hydrogens is 338 g/mol. The highest BCUT2D eigenvalue weighted by Crippen LogP contribution is 2.24. The molecule has 2 heterocycles. The monoisotopic (exact) mass is 359 g/mol. The quantitative estimate of drug-likeness (QED) is 0.298. The van der Waals surface area contributed by atoms with E-state index < -0.39 is 0 Å². The van der Waals surface area contributed by atoms with Crippen LogP contribution in [0.15, 0.2) is 36.9 Å². The number of nitrogens with two attached hydrogens (primary N) is 2. The van der Waals surface area contributed by atoms with Gasteiger partial charge in [0.1, 0.15) is 12.0 Å². The molecule has 1 aromatic carbocycles. The van der Waals surface area contributed by atoms with Gasteiger partial charge in [-0.2, -0.15) is 4.98 Å². The lowest BCUT2D eigenvalue weighted by atomic mass is 10.2. The maximum Gasteiger partial charge on any atom is 0.279 e. The third kappa shape index (κ3) is 3.67. The van der Waals surface area contributed by atoms with Crippen LogP contribution in [0.4, 0.5) is 11.4 Å². The standard InChI is InChI=1S/C16H21N7O3/c1-25-11(8-24)6-7-22-10-21-14-15(22)19-9-20-16(14)26-23(18)13-5-3-2-4-12(13)17/h2-5,9-11,24H,6-8,17-18H2,1H3/t11-/m0/s1. The molecular formula is C16H21N7O3. The average Bonchev–Trinajstić information content (AvgIpc) is 3.07. The lowest BCUT2D eigenvalue weighted by molar-refractivity contribution is 0.0405. The van der Waals surface area contributed by atoms with Crippen LogP contribution in [-0.2, 0) is 11.3 Å². The van der Waals surface area contributed by atoms with E-state index in [0.29, 0.717) is 35.5 Å². The summed E-state index contributed by atoms with van der Waals surface area (Å²) in [6.07, 6.45) is 3.37. The molecule has 2 aromatic heterocycles. The minimum absolute atomic E-state index is 0.0485. The second kappa shape index (κ2) is 7.95. The highest BCUT2D eigenvalue weighted by atomic mass is 16.7. The number of para-hydroxylation sites is 2. The third-order valence-electron chi connectivity index (χ3n) is 3.96. The van der Waals surface area contributed by atoms with E-state index in [1.54, 1.807) is 37.7 Å². The lowest BCUT2D eigenvalue weighted by Gasteiger charge is -2.19. The molecule has 10 nitrogen and oxygen atoms in total. The molecule has 0 fully saturated rings. The summed E-state index contributed by atoms with van der Waals surface area (Å²) >= 11 is 0. The summed E-state index contributed by atoms with van der Waals surface area (Å²) in [6, 6.07) is 7.05. The molecule has 3 aromatic rings. The Balaban J connectivity index is 1.81. The molecule has 5 N–H and O–H groups in total. The zero-order chi connectivity index (χ0) is 18.5. The fraction of sp³-hybridized carbons (Fsp3) is 0.312. The average molecular weight is 359 g/mol. The van der Waals surface area contributed by atoms with Crippen molar-refractivity contribution in [3.05, 3.63) is 36.9 Å². The van der Waals surface area contributed by atoms with Crippen LogP contribution >= 0.6 is 0 Å². The van der Waals surface area contributed by atoms with E-state index in [1.165, 1.54) is 6.33 Å². The summed E-state index contributed by atoms with van der Waals surface area (Å²) in [5.74, 6) is 6.16. The lowest BCUT2D eigenvalue weighted by Crippen LogP contribution is -2.35. The van der Waals surface area contributed by atoms with Gasteiger partial charge in [-0.15, -0.1) is 5.17 Å². The summed E-state index contributed by atoms with van der Waals surface area (Å²) in [5.41, 5.74) is 7.94. The number of imidazole rings is 1. The first kappa shape index (κ1) is 17.9. The molecule has 3 rings (SSSR count). The molecule has 0 amide bonds.